The van der Waals surface area contributed by atoms with Crippen molar-refractivity contribution in [3.8, 4) is 35.5 Å². The Hall–Kier alpha value is -5.20. The number of methoxy groups -OCH3 is 1. The molecule has 0 spiro atoms. The number of fused-ring (bicyclic) bond motifs is 4. The second-order valence-corrected chi connectivity index (χ2v) is 14.3. The second-order valence-electron chi connectivity index (χ2n) is 14.3. The fourth-order valence-electron chi connectivity index (χ4n) is 8.60. The van der Waals surface area contributed by atoms with Crippen molar-refractivity contribution in [1.29, 1.82) is 0 Å². The molecule has 3 aromatic heterocycles. The van der Waals surface area contributed by atoms with Crippen LogP contribution < -0.4 is 19.7 Å². The Morgan fingerprint density at radius 3 is 2.51 bits per heavy atom. The van der Waals surface area contributed by atoms with Crippen LogP contribution in [0, 0.1) is 24.0 Å². The van der Waals surface area contributed by atoms with Crippen LogP contribution in [0.25, 0.3) is 32.9 Å². The molecule has 3 fully saturated rings. The molecule has 15 heteroatoms. The molecule has 4 aliphatic heterocycles. The van der Waals surface area contributed by atoms with E-state index in [1.54, 1.807) is 12.1 Å². The molecule has 10 nitrogen and oxygen atoms in total. The zero-order chi connectivity index (χ0) is 40.3. The quantitative estimate of drug-likeness (QED) is 0.141. The summed E-state index contributed by atoms with van der Waals surface area (Å²) in [5, 5.41) is 5.35. The highest BCUT2D eigenvalue weighted by atomic mass is 19.4. The Kier molecular flexibility index (Phi) is 11.7. The largest absolute Gasteiger partial charge is 0.481 e. The maximum atomic E-state index is 16.9. The minimum absolute atomic E-state index is 0.00720. The SMILES string of the molecule is C#Cc1c(F)ccc2cccc(-c3nc4c5c(nc(OCC67CCCN6CCC7)nc5c3F)N3CCNCC3CCC4)c12.CC.COc1cc(C(F)(F)F)ncn1. The maximum absolute atomic E-state index is 16.9. The van der Waals surface area contributed by atoms with E-state index in [-0.39, 0.29) is 40.2 Å². The number of alkyl halides is 3. The van der Waals surface area contributed by atoms with Crippen molar-refractivity contribution in [3.63, 3.8) is 0 Å². The van der Waals surface area contributed by atoms with Crippen molar-refractivity contribution >= 4 is 27.5 Å². The van der Waals surface area contributed by atoms with Crippen LogP contribution >= 0.6 is 0 Å². The molecule has 5 aromatic rings. The maximum Gasteiger partial charge on any atom is 0.433 e. The Morgan fingerprint density at radius 1 is 0.982 bits per heavy atom. The average molecular weight is 789 g/mol. The van der Waals surface area contributed by atoms with E-state index in [1.165, 1.54) is 13.2 Å². The fraction of sp³-hybridized carbons (Fsp3) is 0.452. The number of aryl methyl sites for hydroxylation is 1. The number of benzene rings is 2. The van der Waals surface area contributed by atoms with Crippen molar-refractivity contribution in [3.05, 3.63) is 71.3 Å². The van der Waals surface area contributed by atoms with E-state index < -0.39 is 23.5 Å². The second kappa shape index (κ2) is 16.7. The summed E-state index contributed by atoms with van der Waals surface area (Å²) in [6.07, 6.45) is 9.14. The lowest BCUT2D eigenvalue weighted by molar-refractivity contribution is -0.141. The Labute approximate surface area is 328 Å². The fourth-order valence-corrected chi connectivity index (χ4v) is 8.60. The number of piperazine rings is 1. The summed E-state index contributed by atoms with van der Waals surface area (Å²) in [5.74, 6) is 1.99. The highest BCUT2D eigenvalue weighted by Crippen LogP contribution is 2.42. The normalized spacial score (nSPS) is 18.6. The number of hydrogen-bond donors (Lipinski definition) is 1. The molecule has 0 radical (unpaired) electrons. The number of nitrogens with one attached hydrogen (secondary N) is 1. The Bertz CT molecular complexity index is 2290. The molecular weight excluding hydrogens is 744 g/mol. The van der Waals surface area contributed by atoms with Gasteiger partial charge in [0, 0.05) is 42.7 Å². The monoisotopic (exact) mass is 788 g/mol. The van der Waals surface area contributed by atoms with Crippen LogP contribution in [0.1, 0.15) is 69.3 Å². The van der Waals surface area contributed by atoms with Gasteiger partial charge in [0.1, 0.15) is 35.8 Å². The van der Waals surface area contributed by atoms with Gasteiger partial charge < -0.3 is 19.7 Å². The van der Waals surface area contributed by atoms with E-state index in [0.717, 1.165) is 94.7 Å². The molecule has 300 valence electrons. The van der Waals surface area contributed by atoms with Gasteiger partial charge in [0.15, 0.2) is 11.5 Å². The summed E-state index contributed by atoms with van der Waals surface area (Å²) in [5.41, 5.74) is 0.627. The topological polar surface area (TPSA) is 101 Å². The minimum atomic E-state index is -4.45. The average Bonchev–Trinajstić information content (AvgIpc) is 3.82. The smallest absolute Gasteiger partial charge is 0.433 e. The molecule has 57 heavy (non-hydrogen) atoms. The van der Waals surface area contributed by atoms with E-state index in [2.05, 4.69) is 35.7 Å². The number of rotatable bonds is 5. The third kappa shape index (κ3) is 7.77. The summed E-state index contributed by atoms with van der Waals surface area (Å²) in [4.78, 5) is 26.0. The molecule has 0 bridgehead atoms. The Balaban J connectivity index is 0.000000304. The predicted molar refractivity (Wildman–Crippen MR) is 208 cm³/mol. The zero-order valence-electron chi connectivity index (χ0n) is 32.2. The number of halogens is 5. The number of pyridine rings is 1. The molecule has 0 amide bonds. The summed E-state index contributed by atoms with van der Waals surface area (Å²) in [6.45, 7) is 9.09. The predicted octanol–water partition coefficient (Wildman–Crippen LogP) is 7.76. The standard InChI is InChI=1S/C34H34F2N6O.C6H5F3N2O.C2H6/c1-2-23-25(35)12-11-21-7-3-9-24(27(21)23)30-29(36)31-28-26(38-30)10-4-8-22-19-37-15-18-42(22)32(28)40-33(39-31)43-20-34-13-5-16-41(34)17-6-14-34;1-12-5-2-4(6(7,8)9)10-3-11-5;1-2/h1,3,7,9,11-12,22,37H,4-6,8,10,13-20H2;2-3H,1H3;1-2H3. The van der Waals surface area contributed by atoms with Gasteiger partial charge in [-0.25, -0.2) is 23.7 Å². The molecule has 2 aromatic carbocycles. The number of anilines is 1. The zero-order valence-corrected chi connectivity index (χ0v) is 32.2. The summed E-state index contributed by atoms with van der Waals surface area (Å²) in [6, 6.07) is 9.63. The van der Waals surface area contributed by atoms with E-state index in [9.17, 15) is 17.6 Å². The van der Waals surface area contributed by atoms with E-state index in [0.29, 0.717) is 35.2 Å². The van der Waals surface area contributed by atoms with Crippen LogP contribution in [0.4, 0.5) is 27.8 Å². The van der Waals surface area contributed by atoms with Crippen molar-refractivity contribution in [2.24, 2.45) is 0 Å². The highest BCUT2D eigenvalue weighted by molar-refractivity contribution is 6.02. The first-order valence-electron chi connectivity index (χ1n) is 19.5. The molecular formula is C42H45F5N8O2. The molecule has 9 rings (SSSR count). The van der Waals surface area contributed by atoms with Crippen LogP contribution in [-0.4, -0.2) is 87.8 Å². The van der Waals surface area contributed by atoms with Gasteiger partial charge in [-0.1, -0.05) is 44.0 Å². The van der Waals surface area contributed by atoms with E-state index in [4.69, 9.17) is 26.1 Å². The van der Waals surface area contributed by atoms with Crippen LogP contribution in [0.15, 0.2) is 42.7 Å². The van der Waals surface area contributed by atoms with Crippen molar-refractivity contribution < 1.29 is 31.4 Å². The van der Waals surface area contributed by atoms with Crippen LogP contribution in [0.2, 0.25) is 0 Å². The first-order chi connectivity index (χ1) is 27.6. The van der Waals surface area contributed by atoms with Gasteiger partial charge in [0.25, 0.3) is 0 Å². The number of ether oxygens (including phenoxy) is 2. The summed E-state index contributed by atoms with van der Waals surface area (Å²) in [7, 11) is 1.24. The van der Waals surface area contributed by atoms with Gasteiger partial charge in [0.05, 0.1) is 29.3 Å². The number of aromatic nitrogens is 5. The van der Waals surface area contributed by atoms with Gasteiger partial charge in [-0.15, -0.1) is 6.42 Å². The lowest BCUT2D eigenvalue weighted by atomic mass is 9.94. The third-order valence-electron chi connectivity index (χ3n) is 11.2. The first-order valence-corrected chi connectivity index (χ1v) is 19.5. The van der Waals surface area contributed by atoms with Crippen LogP contribution in [0.5, 0.6) is 11.9 Å². The lowest BCUT2D eigenvalue weighted by Gasteiger charge is -2.39. The van der Waals surface area contributed by atoms with Gasteiger partial charge in [-0.05, 0) is 69.5 Å². The van der Waals surface area contributed by atoms with Crippen molar-refractivity contribution in [2.75, 3.05) is 51.3 Å². The number of nitrogens with zero attached hydrogens (tertiary/aromatic N) is 7. The first kappa shape index (κ1) is 40.0. The molecule has 1 unspecified atom stereocenters. The van der Waals surface area contributed by atoms with Gasteiger partial charge in [-0.2, -0.15) is 23.1 Å². The highest BCUT2D eigenvalue weighted by Gasteiger charge is 2.45. The van der Waals surface area contributed by atoms with Crippen molar-refractivity contribution in [1.82, 2.24) is 35.1 Å². The molecule has 1 atom stereocenters. The van der Waals surface area contributed by atoms with E-state index in [1.807, 2.05) is 26.0 Å². The van der Waals surface area contributed by atoms with Crippen LogP contribution in [0.3, 0.4) is 0 Å². The van der Waals surface area contributed by atoms with Crippen LogP contribution in [-0.2, 0) is 12.6 Å². The number of hydrogen-bond acceptors (Lipinski definition) is 10. The molecule has 3 saturated heterocycles. The molecule has 4 aliphatic rings. The van der Waals surface area contributed by atoms with Gasteiger partial charge in [0.2, 0.25) is 5.88 Å². The van der Waals surface area contributed by atoms with Gasteiger partial charge >= 0.3 is 12.2 Å². The molecule has 1 N–H and O–H groups in total. The van der Waals surface area contributed by atoms with Crippen molar-refractivity contribution in [2.45, 2.75) is 76.6 Å². The summed E-state index contributed by atoms with van der Waals surface area (Å²) < 4.78 is 78.6. The molecule has 7 heterocycles. The van der Waals surface area contributed by atoms with E-state index >= 15 is 4.39 Å². The van der Waals surface area contributed by atoms with Gasteiger partial charge in [-0.3, -0.25) is 4.90 Å². The lowest BCUT2D eigenvalue weighted by Crippen LogP contribution is -2.52. The molecule has 0 aliphatic carbocycles. The third-order valence-corrected chi connectivity index (χ3v) is 11.2. The molecule has 0 saturated carbocycles. The number of terminal acetylenes is 1. The summed E-state index contributed by atoms with van der Waals surface area (Å²) >= 11 is 0. The minimum Gasteiger partial charge on any atom is -0.481 e. The Morgan fingerprint density at radius 2 is 1.77 bits per heavy atom.